The summed E-state index contributed by atoms with van der Waals surface area (Å²) in [5, 5.41) is 3.48. The van der Waals surface area contributed by atoms with Gasteiger partial charge in [0, 0.05) is 34.8 Å². The second kappa shape index (κ2) is 6.14. The molecule has 0 amide bonds. The van der Waals surface area contributed by atoms with Crippen molar-refractivity contribution in [1.82, 2.24) is 9.55 Å². The number of hydrogen-bond acceptors (Lipinski definition) is 2. The van der Waals surface area contributed by atoms with Gasteiger partial charge in [-0.25, -0.2) is 4.98 Å². The van der Waals surface area contributed by atoms with Crippen LogP contribution in [0.25, 0.3) is 5.69 Å². The molecule has 3 aromatic rings. The van der Waals surface area contributed by atoms with Gasteiger partial charge in [-0.2, -0.15) is 0 Å². The number of nitrogens with one attached hydrogen (secondary N) is 1. The normalized spacial score (nSPS) is 10.6. The van der Waals surface area contributed by atoms with Gasteiger partial charge in [0.2, 0.25) is 0 Å². The predicted molar refractivity (Wildman–Crippen MR) is 89.8 cm³/mol. The van der Waals surface area contributed by atoms with Gasteiger partial charge in [-0.1, -0.05) is 34.1 Å². The van der Waals surface area contributed by atoms with Crippen molar-refractivity contribution in [1.29, 1.82) is 0 Å². The second-order valence-electron chi connectivity index (χ2n) is 4.90. The number of benzene rings is 2. The fraction of sp³-hybridized carbons (Fsp3) is 0.118. The van der Waals surface area contributed by atoms with E-state index in [9.17, 15) is 0 Å². The topological polar surface area (TPSA) is 29.9 Å². The van der Waals surface area contributed by atoms with Crippen molar-refractivity contribution in [2.45, 2.75) is 13.5 Å². The van der Waals surface area contributed by atoms with Gasteiger partial charge in [-0.15, -0.1) is 0 Å². The van der Waals surface area contributed by atoms with E-state index in [0.29, 0.717) is 0 Å². The highest BCUT2D eigenvalue weighted by Crippen LogP contribution is 2.24. The van der Waals surface area contributed by atoms with Crippen molar-refractivity contribution in [2.75, 3.05) is 5.32 Å². The van der Waals surface area contributed by atoms with Crippen LogP contribution in [0, 0.1) is 6.92 Å². The maximum atomic E-state index is 4.06. The van der Waals surface area contributed by atoms with Crippen LogP contribution in [0.5, 0.6) is 0 Å². The van der Waals surface area contributed by atoms with Gasteiger partial charge < -0.3 is 9.88 Å². The zero-order valence-corrected chi connectivity index (χ0v) is 13.3. The van der Waals surface area contributed by atoms with Crippen molar-refractivity contribution in [3.63, 3.8) is 0 Å². The number of rotatable bonds is 4. The fourth-order valence-corrected chi connectivity index (χ4v) is 2.56. The van der Waals surface area contributed by atoms with Gasteiger partial charge in [0.05, 0.1) is 6.33 Å². The monoisotopic (exact) mass is 341 g/mol. The minimum atomic E-state index is 0.807. The van der Waals surface area contributed by atoms with Crippen LogP contribution in [0.15, 0.2) is 65.7 Å². The van der Waals surface area contributed by atoms with Gasteiger partial charge in [0.15, 0.2) is 0 Å². The number of imidazole rings is 1. The first-order valence-electron chi connectivity index (χ1n) is 6.80. The summed E-state index contributed by atoms with van der Waals surface area (Å²) in [5.41, 5.74) is 4.75. The molecular weight excluding hydrogens is 326 g/mol. The molecule has 0 atom stereocenters. The molecule has 0 bridgehead atoms. The van der Waals surface area contributed by atoms with Crippen molar-refractivity contribution in [2.24, 2.45) is 0 Å². The molecule has 3 rings (SSSR count). The Labute approximate surface area is 132 Å². The maximum Gasteiger partial charge on any atom is 0.0991 e. The third kappa shape index (κ3) is 3.16. The molecule has 0 saturated carbocycles. The maximum absolute atomic E-state index is 4.06. The van der Waals surface area contributed by atoms with Gasteiger partial charge in [0.1, 0.15) is 0 Å². The molecule has 0 aliphatic heterocycles. The number of hydrogen-bond donors (Lipinski definition) is 1. The first-order valence-corrected chi connectivity index (χ1v) is 7.59. The molecule has 1 N–H and O–H groups in total. The zero-order valence-electron chi connectivity index (χ0n) is 11.8. The van der Waals surface area contributed by atoms with E-state index in [2.05, 4.69) is 69.6 Å². The van der Waals surface area contributed by atoms with E-state index in [0.717, 1.165) is 22.4 Å². The molecule has 1 heterocycles. The molecule has 0 saturated heterocycles. The second-order valence-corrected chi connectivity index (χ2v) is 5.76. The van der Waals surface area contributed by atoms with Crippen molar-refractivity contribution in [3.05, 3.63) is 76.8 Å². The highest BCUT2D eigenvalue weighted by Gasteiger charge is 2.02. The Balaban J connectivity index is 1.70. The lowest BCUT2D eigenvalue weighted by Gasteiger charge is -2.11. The highest BCUT2D eigenvalue weighted by atomic mass is 79.9. The van der Waals surface area contributed by atoms with E-state index in [1.807, 2.05) is 16.8 Å². The molecule has 0 spiro atoms. The Morgan fingerprint density at radius 3 is 2.67 bits per heavy atom. The van der Waals surface area contributed by atoms with Gasteiger partial charge in [-0.3, -0.25) is 0 Å². The Hall–Kier alpha value is -2.07. The number of anilines is 1. The molecule has 0 radical (unpaired) electrons. The summed E-state index contributed by atoms with van der Waals surface area (Å²) in [5.74, 6) is 0. The quantitative estimate of drug-likeness (QED) is 0.754. The van der Waals surface area contributed by atoms with E-state index < -0.39 is 0 Å². The standard InChI is InChI=1S/C17H16BrN3/c1-13-16(18)3-2-4-17(13)20-11-14-5-7-15(8-6-14)21-10-9-19-12-21/h2-10,12,20H,11H2,1H3. The molecule has 4 heteroatoms. The highest BCUT2D eigenvalue weighted by molar-refractivity contribution is 9.10. The van der Waals surface area contributed by atoms with Crippen LogP contribution >= 0.6 is 15.9 Å². The molecular formula is C17H16BrN3. The Bertz CT molecular complexity index is 718. The molecule has 0 fully saturated rings. The third-order valence-corrected chi connectivity index (χ3v) is 4.35. The molecule has 1 aromatic heterocycles. The first-order chi connectivity index (χ1) is 10.2. The SMILES string of the molecule is Cc1c(Br)cccc1NCc1ccc(-n2ccnc2)cc1. The third-order valence-electron chi connectivity index (χ3n) is 3.49. The van der Waals surface area contributed by atoms with Crippen LogP contribution in [0.3, 0.4) is 0 Å². The van der Waals surface area contributed by atoms with Crippen molar-refractivity contribution >= 4 is 21.6 Å². The van der Waals surface area contributed by atoms with Crippen LogP contribution in [0.1, 0.15) is 11.1 Å². The lowest BCUT2D eigenvalue weighted by atomic mass is 10.1. The lowest BCUT2D eigenvalue weighted by molar-refractivity contribution is 1.05. The van der Waals surface area contributed by atoms with Crippen molar-refractivity contribution in [3.8, 4) is 5.69 Å². The molecule has 0 aliphatic carbocycles. The zero-order chi connectivity index (χ0) is 14.7. The number of halogens is 1. The summed E-state index contributed by atoms with van der Waals surface area (Å²) in [4.78, 5) is 4.06. The van der Waals surface area contributed by atoms with Gasteiger partial charge in [-0.05, 0) is 42.3 Å². The molecule has 0 aliphatic rings. The minimum Gasteiger partial charge on any atom is -0.381 e. The summed E-state index contributed by atoms with van der Waals surface area (Å²) in [6.07, 6.45) is 5.53. The summed E-state index contributed by atoms with van der Waals surface area (Å²) in [6.45, 7) is 2.91. The van der Waals surface area contributed by atoms with E-state index in [1.165, 1.54) is 11.1 Å². The Morgan fingerprint density at radius 1 is 1.14 bits per heavy atom. The van der Waals surface area contributed by atoms with Crippen LogP contribution in [-0.4, -0.2) is 9.55 Å². The molecule has 21 heavy (non-hydrogen) atoms. The Morgan fingerprint density at radius 2 is 1.95 bits per heavy atom. The van der Waals surface area contributed by atoms with E-state index >= 15 is 0 Å². The molecule has 2 aromatic carbocycles. The van der Waals surface area contributed by atoms with E-state index in [4.69, 9.17) is 0 Å². The average Bonchev–Trinajstić information content (AvgIpc) is 3.04. The number of aromatic nitrogens is 2. The average molecular weight is 342 g/mol. The van der Waals surface area contributed by atoms with E-state index in [1.54, 1.807) is 12.5 Å². The van der Waals surface area contributed by atoms with Gasteiger partial charge in [0.25, 0.3) is 0 Å². The summed E-state index contributed by atoms with van der Waals surface area (Å²) in [6, 6.07) is 14.7. The smallest absolute Gasteiger partial charge is 0.0991 e. The van der Waals surface area contributed by atoms with Crippen LogP contribution in [0.2, 0.25) is 0 Å². The Kier molecular flexibility index (Phi) is 4.06. The van der Waals surface area contributed by atoms with Crippen LogP contribution < -0.4 is 5.32 Å². The molecule has 3 nitrogen and oxygen atoms in total. The van der Waals surface area contributed by atoms with Crippen LogP contribution in [-0.2, 0) is 6.54 Å². The van der Waals surface area contributed by atoms with Gasteiger partial charge >= 0.3 is 0 Å². The first kappa shape index (κ1) is 13.9. The lowest BCUT2D eigenvalue weighted by Crippen LogP contribution is -2.01. The molecule has 106 valence electrons. The van der Waals surface area contributed by atoms with E-state index in [-0.39, 0.29) is 0 Å². The largest absolute Gasteiger partial charge is 0.381 e. The summed E-state index contributed by atoms with van der Waals surface area (Å²) < 4.78 is 3.12. The fourth-order valence-electron chi connectivity index (χ4n) is 2.19. The van der Waals surface area contributed by atoms with Crippen LogP contribution in [0.4, 0.5) is 5.69 Å². The minimum absolute atomic E-state index is 0.807. The number of nitrogens with zero attached hydrogens (tertiary/aromatic N) is 2. The summed E-state index contributed by atoms with van der Waals surface area (Å²) in [7, 11) is 0. The molecule has 0 unspecified atom stereocenters. The predicted octanol–water partition coefficient (Wildman–Crippen LogP) is 4.56. The summed E-state index contributed by atoms with van der Waals surface area (Å²) >= 11 is 3.56. The van der Waals surface area contributed by atoms with Crippen molar-refractivity contribution < 1.29 is 0 Å².